The van der Waals surface area contributed by atoms with E-state index in [0.717, 1.165) is 69.6 Å². The predicted octanol–water partition coefficient (Wildman–Crippen LogP) is 16.5. The van der Waals surface area contributed by atoms with Crippen LogP contribution in [0.1, 0.15) is 285 Å². The third-order valence-corrected chi connectivity index (χ3v) is 12.1. The van der Waals surface area contributed by atoms with Crippen LogP contribution >= 0.6 is 0 Å². The molecule has 0 aromatic carbocycles. The standard InChI is InChI=1S/C52H100O6/c1-6-8-9-10-11-22-26-32-37-42-50(53)56-45-49(58-52(55)44-39-34-29-28-31-36-41-48(5)7-2)46-57-51(54)43-38-33-27-24-21-19-17-15-13-12-14-16-18-20-23-25-30-35-40-47(3)4/h47-49H,6-46H2,1-5H3/t48?,49-/m1/s1. The number of hydrogen-bond acceptors (Lipinski definition) is 6. The topological polar surface area (TPSA) is 78.9 Å². The van der Waals surface area contributed by atoms with Crippen molar-refractivity contribution < 1.29 is 28.6 Å². The van der Waals surface area contributed by atoms with E-state index in [2.05, 4.69) is 34.6 Å². The van der Waals surface area contributed by atoms with Crippen molar-refractivity contribution in [3.8, 4) is 0 Å². The Morgan fingerprint density at radius 2 is 0.655 bits per heavy atom. The highest BCUT2D eigenvalue weighted by atomic mass is 16.6. The average molecular weight is 821 g/mol. The molecule has 0 aliphatic heterocycles. The lowest BCUT2D eigenvalue weighted by Crippen LogP contribution is -2.30. The van der Waals surface area contributed by atoms with Gasteiger partial charge < -0.3 is 14.2 Å². The van der Waals surface area contributed by atoms with Gasteiger partial charge in [0.05, 0.1) is 0 Å². The summed E-state index contributed by atoms with van der Waals surface area (Å²) in [5.74, 6) is 0.814. The van der Waals surface area contributed by atoms with Gasteiger partial charge in [0.2, 0.25) is 0 Å². The fourth-order valence-corrected chi connectivity index (χ4v) is 7.78. The van der Waals surface area contributed by atoms with Crippen LogP contribution in [0.4, 0.5) is 0 Å². The summed E-state index contributed by atoms with van der Waals surface area (Å²) in [6.45, 7) is 11.3. The Labute approximate surface area is 361 Å². The van der Waals surface area contributed by atoms with E-state index in [0.29, 0.717) is 19.3 Å². The molecule has 344 valence electrons. The summed E-state index contributed by atoms with van der Waals surface area (Å²) in [6.07, 6.45) is 45.3. The van der Waals surface area contributed by atoms with Gasteiger partial charge in [-0.2, -0.15) is 0 Å². The molecule has 0 heterocycles. The second-order valence-electron chi connectivity index (χ2n) is 18.5. The van der Waals surface area contributed by atoms with E-state index in [4.69, 9.17) is 14.2 Å². The maximum absolute atomic E-state index is 12.7. The van der Waals surface area contributed by atoms with E-state index < -0.39 is 6.10 Å². The van der Waals surface area contributed by atoms with Gasteiger partial charge in [-0.05, 0) is 31.1 Å². The zero-order valence-electron chi connectivity index (χ0n) is 39.7. The van der Waals surface area contributed by atoms with Crippen LogP contribution in [0.25, 0.3) is 0 Å². The molecule has 0 spiro atoms. The zero-order chi connectivity index (χ0) is 42.6. The smallest absolute Gasteiger partial charge is 0.306 e. The Morgan fingerprint density at radius 3 is 0.983 bits per heavy atom. The number of unbranched alkanes of at least 4 members (excludes halogenated alkanes) is 30. The summed E-state index contributed by atoms with van der Waals surface area (Å²) in [7, 11) is 0. The first-order valence-electron chi connectivity index (χ1n) is 25.8. The lowest BCUT2D eigenvalue weighted by atomic mass is 10.00. The SMILES string of the molecule is CCCCCCCCCCCC(=O)OC[C@H](COC(=O)CCCCCCCCCCCCCCCCCCCCC(C)C)OC(=O)CCCCCCCCC(C)CC. The zero-order valence-corrected chi connectivity index (χ0v) is 39.7. The van der Waals surface area contributed by atoms with Gasteiger partial charge in [0.15, 0.2) is 6.10 Å². The Balaban J connectivity index is 4.15. The summed E-state index contributed by atoms with van der Waals surface area (Å²) in [4.78, 5) is 37.8. The normalized spacial score (nSPS) is 12.5. The van der Waals surface area contributed by atoms with Crippen LogP contribution in [-0.4, -0.2) is 37.2 Å². The lowest BCUT2D eigenvalue weighted by Gasteiger charge is -2.18. The number of carbonyl (C=O) groups excluding carboxylic acids is 3. The maximum Gasteiger partial charge on any atom is 0.306 e. The van der Waals surface area contributed by atoms with Crippen molar-refractivity contribution >= 4 is 17.9 Å². The van der Waals surface area contributed by atoms with Crippen molar-refractivity contribution in [1.82, 2.24) is 0 Å². The van der Waals surface area contributed by atoms with Gasteiger partial charge in [-0.3, -0.25) is 14.4 Å². The molecule has 0 rings (SSSR count). The van der Waals surface area contributed by atoms with E-state index in [9.17, 15) is 14.4 Å². The van der Waals surface area contributed by atoms with Crippen LogP contribution in [0.15, 0.2) is 0 Å². The van der Waals surface area contributed by atoms with Crippen molar-refractivity contribution in [2.45, 2.75) is 291 Å². The number of hydrogen-bond donors (Lipinski definition) is 0. The minimum absolute atomic E-state index is 0.0647. The molecule has 0 bridgehead atoms. The highest BCUT2D eigenvalue weighted by Crippen LogP contribution is 2.18. The van der Waals surface area contributed by atoms with Gasteiger partial charge in [-0.15, -0.1) is 0 Å². The van der Waals surface area contributed by atoms with E-state index in [1.165, 1.54) is 173 Å². The molecule has 0 aliphatic carbocycles. The van der Waals surface area contributed by atoms with Gasteiger partial charge in [0.1, 0.15) is 13.2 Å². The van der Waals surface area contributed by atoms with Gasteiger partial charge >= 0.3 is 17.9 Å². The summed E-state index contributed by atoms with van der Waals surface area (Å²) >= 11 is 0. The summed E-state index contributed by atoms with van der Waals surface area (Å²) in [6, 6.07) is 0. The highest BCUT2D eigenvalue weighted by molar-refractivity contribution is 5.71. The molecule has 58 heavy (non-hydrogen) atoms. The van der Waals surface area contributed by atoms with Crippen LogP contribution in [0.5, 0.6) is 0 Å². The molecule has 0 aliphatic rings. The largest absolute Gasteiger partial charge is 0.462 e. The molecule has 1 unspecified atom stereocenters. The Kier molecular flexibility index (Phi) is 43.7. The van der Waals surface area contributed by atoms with Crippen molar-refractivity contribution in [1.29, 1.82) is 0 Å². The van der Waals surface area contributed by atoms with Gasteiger partial charge in [-0.25, -0.2) is 0 Å². The van der Waals surface area contributed by atoms with Crippen LogP contribution in [0.3, 0.4) is 0 Å². The molecule has 6 nitrogen and oxygen atoms in total. The summed E-state index contributed by atoms with van der Waals surface area (Å²) in [5.41, 5.74) is 0. The van der Waals surface area contributed by atoms with Gasteiger partial charge in [-0.1, -0.05) is 247 Å². The van der Waals surface area contributed by atoms with E-state index in [1.807, 2.05) is 0 Å². The molecule has 0 amide bonds. The first kappa shape index (κ1) is 56.4. The Hall–Kier alpha value is -1.59. The average Bonchev–Trinajstić information content (AvgIpc) is 3.21. The van der Waals surface area contributed by atoms with Crippen LogP contribution in [-0.2, 0) is 28.6 Å². The molecule has 0 saturated carbocycles. The maximum atomic E-state index is 12.7. The quantitative estimate of drug-likeness (QED) is 0.0346. The van der Waals surface area contributed by atoms with E-state index in [-0.39, 0.29) is 31.1 Å². The fraction of sp³-hybridized carbons (Fsp3) is 0.942. The molecule has 2 atom stereocenters. The molecule has 0 N–H and O–H groups in total. The summed E-state index contributed by atoms with van der Waals surface area (Å²) in [5, 5.41) is 0. The molecule has 0 saturated heterocycles. The van der Waals surface area contributed by atoms with Crippen LogP contribution in [0.2, 0.25) is 0 Å². The van der Waals surface area contributed by atoms with Gasteiger partial charge in [0, 0.05) is 19.3 Å². The molecule has 0 fully saturated rings. The minimum atomic E-state index is -0.761. The Morgan fingerprint density at radius 1 is 0.362 bits per heavy atom. The van der Waals surface area contributed by atoms with Gasteiger partial charge in [0.25, 0.3) is 0 Å². The monoisotopic (exact) mass is 821 g/mol. The number of ether oxygens (including phenoxy) is 3. The van der Waals surface area contributed by atoms with Crippen molar-refractivity contribution in [2.24, 2.45) is 11.8 Å². The first-order valence-corrected chi connectivity index (χ1v) is 25.8. The van der Waals surface area contributed by atoms with Crippen molar-refractivity contribution in [3.05, 3.63) is 0 Å². The number of rotatable bonds is 46. The number of carbonyl (C=O) groups is 3. The third-order valence-electron chi connectivity index (χ3n) is 12.1. The van der Waals surface area contributed by atoms with Crippen LogP contribution < -0.4 is 0 Å². The molecule has 0 aromatic rings. The molecular weight excluding hydrogens is 721 g/mol. The molecule has 0 radical (unpaired) electrons. The van der Waals surface area contributed by atoms with E-state index >= 15 is 0 Å². The fourth-order valence-electron chi connectivity index (χ4n) is 7.78. The molecular formula is C52H100O6. The number of esters is 3. The predicted molar refractivity (Wildman–Crippen MR) is 247 cm³/mol. The van der Waals surface area contributed by atoms with E-state index in [1.54, 1.807) is 0 Å². The third kappa shape index (κ3) is 44.0. The summed E-state index contributed by atoms with van der Waals surface area (Å²) < 4.78 is 16.7. The second kappa shape index (κ2) is 44.9. The molecule has 6 heteroatoms. The lowest BCUT2D eigenvalue weighted by molar-refractivity contribution is -0.167. The second-order valence-corrected chi connectivity index (χ2v) is 18.5. The van der Waals surface area contributed by atoms with Crippen LogP contribution in [0, 0.1) is 11.8 Å². The highest BCUT2D eigenvalue weighted by Gasteiger charge is 2.19. The van der Waals surface area contributed by atoms with Crippen molar-refractivity contribution in [2.75, 3.05) is 13.2 Å². The minimum Gasteiger partial charge on any atom is -0.462 e. The Bertz CT molecular complexity index is 887. The van der Waals surface area contributed by atoms with Crippen molar-refractivity contribution in [3.63, 3.8) is 0 Å². The first-order chi connectivity index (χ1) is 28.3. The molecule has 0 aromatic heterocycles.